The van der Waals surface area contributed by atoms with Crippen LogP contribution in [0.1, 0.15) is 40.0 Å². The monoisotopic (exact) mass is 202 g/mol. The van der Waals surface area contributed by atoms with Crippen molar-refractivity contribution in [3.63, 3.8) is 0 Å². The number of nitrogens with two attached hydrogens (primary N) is 1. The lowest BCUT2D eigenvalue weighted by atomic mass is 10.2. The molecule has 0 radical (unpaired) electrons. The van der Waals surface area contributed by atoms with Crippen LogP contribution in [-0.2, 0) is 0 Å². The summed E-state index contributed by atoms with van der Waals surface area (Å²) in [6.07, 6.45) is 3.13. The third-order valence-corrected chi connectivity index (χ3v) is 3.39. The third-order valence-electron chi connectivity index (χ3n) is 1.95. The smallest absolute Gasteiger partial charge is 0.0916 e. The summed E-state index contributed by atoms with van der Waals surface area (Å²) < 4.78 is 0. The van der Waals surface area contributed by atoms with Gasteiger partial charge in [0.1, 0.15) is 0 Å². The van der Waals surface area contributed by atoms with Crippen molar-refractivity contribution in [2.24, 2.45) is 11.7 Å². The van der Waals surface area contributed by atoms with Crippen LogP contribution in [0.4, 0.5) is 0 Å². The zero-order chi connectivity index (χ0) is 10.3. The Kier molecular flexibility index (Phi) is 7.14. The average Bonchev–Trinajstić information content (AvgIpc) is 2.01. The molecule has 0 aliphatic carbocycles. The van der Waals surface area contributed by atoms with Crippen molar-refractivity contribution < 1.29 is 0 Å². The number of hydrogen-bond donors (Lipinski definition) is 2. The molecular formula is C10H22N2S. The van der Waals surface area contributed by atoms with Crippen LogP contribution >= 0.6 is 11.8 Å². The molecule has 0 fully saturated rings. The minimum atomic E-state index is 0.323. The van der Waals surface area contributed by atoms with E-state index in [2.05, 4.69) is 20.8 Å². The summed E-state index contributed by atoms with van der Waals surface area (Å²) in [4.78, 5) is 0. The molecule has 3 N–H and O–H groups in total. The fraction of sp³-hybridized carbons (Fsp3) is 0.900. The summed E-state index contributed by atoms with van der Waals surface area (Å²) in [5, 5.41) is 7.76. The normalized spacial score (nSPS) is 13.2. The summed E-state index contributed by atoms with van der Waals surface area (Å²) in [6, 6.07) is 0. The molecule has 0 heterocycles. The van der Waals surface area contributed by atoms with E-state index in [0.717, 1.165) is 18.8 Å². The molecule has 0 bridgehead atoms. The van der Waals surface area contributed by atoms with Gasteiger partial charge in [0.05, 0.1) is 5.84 Å². The summed E-state index contributed by atoms with van der Waals surface area (Å²) in [7, 11) is 0. The molecule has 0 aliphatic heterocycles. The van der Waals surface area contributed by atoms with Crippen LogP contribution in [0.3, 0.4) is 0 Å². The molecule has 0 saturated heterocycles. The molecule has 0 saturated carbocycles. The maximum atomic E-state index is 7.21. The minimum absolute atomic E-state index is 0.323. The second kappa shape index (κ2) is 7.25. The van der Waals surface area contributed by atoms with Gasteiger partial charge in [0.25, 0.3) is 0 Å². The van der Waals surface area contributed by atoms with Gasteiger partial charge in [-0.2, -0.15) is 11.8 Å². The van der Waals surface area contributed by atoms with Gasteiger partial charge in [-0.1, -0.05) is 20.8 Å². The molecule has 0 aromatic rings. The van der Waals surface area contributed by atoms with Crippen molar-refractivity contribution in [3.05, 3.63) is 0 Å². The van der Waals surface area contributed by atoms with Crippen LogP contribution in [0.5, 0.6) is 0 Å². The van der Waals surface area contributed by atoms with Gasteiger partial charge in [-0.05, 0) is 24.5 Å². The van der Waals surface area contributed by atoms with Gasteiger partial charge in [-0.15, -0.1) is 0 Å². The highest BCUT2D eigenvalue weighted by atomic mass is 32.2. The van der Waals surface area contributed by atoms with Crippen LogP contribution < -0.4 is 5.73 Å². The lowest BCUT2D eigenvalue weighted by molar-refractivity contribution is 0.631. The van der Waals surface area contributed by atoms with Gasteiger partial charge in [0, 0.05) is 11.7 Å². The quantitative estimate of drug-likeness (QED) is 0.492. The van der Waals surface area contributed by atoms with E-state index < -0.39 is 0 Å². The van der Waals surface area contributed by atoms with E-state index in [1.165, 1.54) is 12.2 Å². The zero-order valence-electron chi connectivity index (χ0n) is 8.97. The molecular weight excluding hydrogens is 180 g/mol. The SMILES string of the molecule is CCC(CC(=N)N)SCCC(C)C. The third kappa shape index (κ3) is 8.16. The summed E-state index contributed by atoms with van der Waals surface area (Å²) in [5.41, 5.74) is 5.37. The fourth-order valence-electron chi connectivity index (χ4n) is 1.04. The molecule has 3 heteroatoms. The van der Waals surface area contributed by atoms with Crippen LogP contribution in [0.15, 0.2) is 0 Å². The molecule has 13 heavy (non-hydrogen) atoms. The number of rotatable bonds is 7. The Morgan fingerprint density at radius 1 is 1.46 bits per heavy atom. The molecule has 0 rings (SSSR count). The van der Waals surface area contributed by atoms with E-state index in [1.54, 1.807) is 0 Å². The summed E-state index contributed by atoms with van der Waals surface area (Å²) >= 11 is 1.96. The Morgan fingerprint density at radius 2 is 2.08 bits per heavy atom. The maximum Gasteiger partial charge on any atom is 0.0916 e. The van der Waals surface area contributed by atoms with Crippen molar-refractivity contribution in [2.45, 2.75) is 45.3 Å². The number of hydrogen-bond acceptors (Lipinski definition) is 2. The molecule has 0 amide bonds. The Hall–Kier alpha value is -0.180. The first-order valence-electron chi connectivity index (χ1n) is 5.00. The van der Waals surface area contributed by atoms with E-state index in [-0.39, 0.29) is 0 Å². The van der Waals surface area contributed by atoms with Crippen LogP contribution in [-0.4, -0.2) is 16.8 Å². The average molecular weight is 202 g/mol. The number of thioether (sulfide) groups is 1. The predicted molar refractivity (Wildman–Crippen MR) is 62.5 cm³/mol. The van der Waals surface area contributed by atoms with E-state index in [1.807, 2.05) is 11.8 Å². The van der Waals surface area contributed by atoms with E-state index in [0.29, 0.717) is 11.1 Å². The Labute approximate surface area is 86.2 Å². The van der Waals surface area contributed by atoms with Gasteiger partial charge in [0.15, 0.2) is 0 Å². The van der Waals surface area contributed by atoms with Gasteiger partial charge in [0.2, 0.25) is 0 Å². The zero-order valence-corrected chi connectivity index (χ0v) is 9.79. The minimum Gasteiger partial charge on any atom is -0.388 e. The molecule has 1 unspecified atom stereocenters. The Morgan fingerprint density at radius 3 is 2.46 bits per heavy atom. The van der Waals surface area contributed by atoms with Crippen molar-refractivity contribution in [2.75, 3.05) is 5.75 Å². The second-order valence-electron chi connectivity index (χ2n) is 3.81. The molecule has 78 valence electrons. The topological polar surface area (TPSA) is 49.9 Å². The first-order valence-corrected chi connectivity index (χ1v) is 6.05. The van der Waals surface area contributed by atoms with Crippen molar-refractivity contribution in [1.29, 1.82) is 5.41 Å². The van der Waals surface area contributed by atoms with Crippen molar-refractivity contribution in [3.8, 4) is 0 Å². The van der Waals surface area contributed by atoms with Crippen molar-refractivity contribution in [1.82, 2.24) is 0 Å². The molecule has 0 aromatic heterocycles. The predicted octanol–water partition coefficient (Wildman–Crippen LogP) is 2.87. The summed E-state index contributed by atoms with van der Waals surface area (Å²) in [5.74, 6) is 2.30. The maximum absolute atomic E-state index is 7.21. The highest BCUT2D eigenvalue weighted by Crippen LogP contribution is 2.20. The van der Waals surface area contributed by atoms with E-state index >= 15 is 0 Å². The summed E-state index contributed by atoms with van der Waals surface area (Å²) in [6.45, 7) is 6.65. The first kappa shape index (κ1) is 12.8. The van der Waals surface area contributed by atoms with E-state index in [9.17, 15) is 0 Å². The Balaban J connectivity index is 3.53. The molecule has 2 nitrogen and oxygen atoms in total. The largest absolute Gasteiger partial charge is 0.388 e. The van der Waals surface area contributed by atoms with E-state index in [4.69, 9.17) is 11.1 Å². The molecule has 1 atom stereocenters. The van der Waals surface area contributed by atoms with Gasteiger partial charge in [-0.25, -0.2) is 0 Å². The Bertz CT molecular complexity index is 146. The number of nitrogens with one attached hydrogen (secondary N) is 1. The first-order chi connectivity index (χ1) is 6.06. The van der Waals surface area contributed by atoms with Gasteiger partial charge >= 0.3 is 0 Å². The van der Waals surface area contributed by atoms with Crippen LogP contribution in [0, 0.1) is 11.3 Å². The lowest BCUT2D eigenvalue weighted by Crippen LogP contribution is -2.17. The van der Waals surface area contributed by atoms with Gasteiger partial charge in [-0.3, -0.25) is 5.41 Å². The highest BCUT2D eigenvalue weighted by Gasteiger charge is 2.08. The van der Waals surface area contributed by atoms with Crippen LogP contribution in [0.2, 0.25) is 0 Å². The van der Waals surface area contributed by atoms with Crippen LogP contribution in [0.25, 0.3) is 0 Å². The fourth-order valence-corrected chi connectivity index (χ4v) is 2.51. The van der Waals surface area contributed by atoms with Crippen molar-refractivity contribution >= 4 is 17.6 Å². The molecule has 0 aliphatic rings. The lowest BCUT2D eigenvalue weighted by Gasteiger charge is -2.13. The number of amidine groups is 1. The molecule has 0 aromatic carbocycles. The standard InChI is InChI=1S/C10H22N2S/c1-4-9(7-10(11)12)13-6-5-8(2)3/h8-9H,4-7H2,1-3H3,(H3,11,12). The second-order valence-corrected chi connectivity index (χ2v) is 5.22. The van der Waals surface area contributed by atoms with Gasteiger partial charge < -0.3 is 5.73 Å². The molecule has 0 spiro atoms. The highest BCUT2D eigenvalue weighted by molar-refractivity contribution is 7.99.